The molecule has 4 heteroatoms. The molecule has 1 aliphatic carbocycles. The summed E-state index contributed by atoms with van der Waals surface area (Å²) in [5.74, 6) is 0.517. The van der Waals surface area contributed by atoms with Gasteiger partial charge in [-0.3, -0.25) is 0 Å². The molecule has 80 valence electrons. The molecule has 3 rings (SSSR count). The number of fused-ring (bicyclic) bond motifs is 1. The fourth-order valence-corrected chi connectivity index (χ4v) is 4.48. The zero-order valence-corrected chi connectivity index (χ0v) is 10.1. The van der Waals surface area contributed by atoms with E-state index in [1.807, 2.05) is 11.3 Å². The average molecular weight is 238 g/mol. The van der Waals surface area contributed by atoms with E-state index >= 15 is 0 Å². The van der Waals surface area contributed by atoms with Crippen LogP contribution in [-0.2, 0) is 0 Å². The van der Waals surface area contributed by atoms with Crippen molar-refractivity contribution in [3.05, 3.63) is 16.5 Å². The first-order valence-corrected chi connectivity index (χ1v) is 7.14. The van der Waals surface area contributed by atoms with Crippen molar-refractivity contribution in [2.24, 2.45) is 5.73 Å². The molecule has 1 saturated carbocycles. The zero-order valence-electron chi connectivity index (χ0n) is 8.48. The predicted octanol–water partition coefficient (Wildman–Crippen LogP) is 3.34. The average Bonchev–Trinajstić information content (AvgIpc) is 2.77. The van der Waals surface area contributed by atoms with Crippen LogP contribution in [0.4, 0.5) is 0 Å². The predicted molar refractivity (Wildman–Crippen MR) is 66.7 cm³/mol. The summed E-state index contributed by atoms with van der Waals surface area (Å²) in [7, 11) is 0. The highest BCUT2D eigenvalue weighted by Crippen LogP contribution is 2.37. The third kappa shape index (κ3) is 1.71. The lowest BCUT2D eigenvalue weighted by atomic mass is 9.85. The van der Waals surface area contributed by atoms with E-state index in [9.17, 15) is 0 Å². The van der Waals surface area contributed by atoms with Crippen molar-refractivity contribution in [2.75, 3.05) is 0 Å². The van der Waals surface area contributed by atoms with Crippen LogP contribution in [0.1, 0.15) is 36.6 Å². The van der Waals surface area contributed by atoms with Gasteiger partial charge in [-0.25, -0.2) is 4.98 Å². The van der Waals surface area contributed by atoms with Crippen molar-refractivity contribution < 1.29 is 0 Å². The molecule has 0 aromatic carbocycles. The number of thiophene rings is 1. The molecule has 15 heavy (non-hydrogen) atoms. The lowest BCUT2D eigenvalue weighted by Gasteiger charge is -2.26. The molecule has 1 aliphatic rings. The molecule has 2 aromatic heterocycles. The number of thiazole rings is 1. The van der Waals surface area contributed by atoms with Crippen LogP contribution in [0.2, 0.25) is 0 Å². The van der Waals surface area contributed by atoms with Gasteiger partial charge in [-0.15, -0.1) is 22.7 Å². The second kappa shape index (κ2) is 3.85. The van der Waals surface area contributed by atoms with Crippen molar-refractivity contribution in [3.8, 4) is 0 Å². The van der Waals surface area contributed by atoms with Crippen LogP contribution in [0.5, 0.6) is 0 Å². The molecule has 0 aliphatic heterocycles. The van der Waals surface area contributed by atoms with Gasteiger partial charge in [0.15, 0.2) is 0 Å². The molecule has 2 heterocycles. The Labute approximate surface area is 97.1 Å². The first-order valence-electron chi connectivity index (χ1n) is 5.44. The van der Waals surface area contributed by atoms with E-state index in [2.05, 4.69) is 11.4 Å². The maximum absolute atomic E-state index is 6.17. The van der Waals surface area contributed by atoms with Gasteiger partial charge < -0.3 is 5.73 Å². The standard InChI is InChI=1S/C11H14N2S2/c12-8-4-2-1-3-7(8)10-13-9-5-6-14-11(9)15-10/h5-8H,1-4,12H2. The maximum atomic E-state index is 6.17. The van der Waals surface area contributed by atoms with Crippen LogP contribution >= 0.6 is 22.7 Å². The van der Waals surface area contributed by atoms with E-state index in [-0.39, 0.29) is 0 Å². The van der Waals surface area contributed by atoms with Crippen molar-refractivity contribution >= 4 is 32.2 Å². The van der Waals surface area contributed by atoms with Gasteiger partial charge in [0.2, 0.25) is 0 Å². The van der Waals surface area contributed by atoms with Gasteiger partial charge in [-0.1, -0.05) is 12.8 Å². The van der Waals surface area contributed by atoms with E-state index in [4.69, 9.17) is 10.7 Å². The van der Waals surface area contributed by atoms with Crippen LogP contribution in [0.25, 0.3) is 9.53 Å². The van der Waals surface area contributed by atoms with Crippen LogP contribution in [0.15, 0.2) is 11.4 Å². The summed E-state index contributed by atoms with van der Waals surface area (Å²) < 4.78 is 1.35. The van der Waals surface area contributed by atoms with E-state index in [1.54, 1.807) is 11.3 Å². The number of hydrogen-bond acceptors (Lipinski definition) is 4. The number of nitrogens with two attached hydrogens (primary N) is 1. The van der Waals surface area contributed by atoms with Crippen LogP contribution in [0.3, 0.4) is 0 Å². The minimum Gasteiger partial charge on any atom is -0.327 e. The molecule has 2 N–H and O–H groups in total. The van der Waals surface area contributed by atoms with Gasteiger partial charge >= 0.3 is 0 Å². The Kier molecular flexibility index (Phi) is 2.50. The van der Waals surface area contributed by atoms with Gasteiger partial charge in [0.1, 0.15) is 4.01 Å². The Bertz CT molecular complexity index is 431. The summed E-state index contributed by atoms with van der Waals surface area (Å²) in [6.45, 7) is 0. The number of aromatic nitrogens is 1. The van der Waals surface area contributed by atoms with Crippen molar-refractivity contribution in [1.29, 1.82) is 0 Å². The second-order valence-electron chi connectivity index (χ2n) is 4.20. The normalized spacial score (nSPS) is 27.3. The van der Waals surface area contributed by atoms with Crippen LogP contribution in [-0.4, -0.2) is 11.0 Å². The minimum absolute atomic E-state index is 0.332. The molecule has 0 spiro atoms. The summed E-state index contributed by atoms with van der Waals surface area (Å²) >= 11 is 3.63. The fourth-order valence-electron chi connectivity index (χ4n) is 2.31. The Morgan fingerprint density at radius 1 is 1.33 bits per heavy atom. The molecule has 0 radical (unpaired) electrons. The third-order valence-corrected chi connectivity index (χ3v) is 5.41. The van der Waals surface area contributed by atoms with Crippen LogP contribution < -0.4 is 5.73 Å². The molecular formula is C11H14N2S2. The number of nitrogens with zero attached hydrogens (tertiary/aromatic N) is 1. The first-order chi connectivity index (χ1) is 7.34. The summed E-state index contributed by atoms with van der Waals surface area (Å²) in [6.07, 6.45) is 4.99. The molecule has 2 nitrogen and oxygen atoms in total. The zero-order chi connectivity index (χ0) is 10.3. The smallest absolute Gasteiger partial charge is 0.107 e. The lowest BCUT2D eigenvalue weighted by molar-refractivity contribution is 0.385. The quantitative estimate of drug-likeness (QED) is 0.827. The van der Waals surface area contributed by atoms with Crippen LogP contribution in [0, 0.1) is 0 Å². The Hall–Kier alpha value is -0.450. The van der Waals surface area contributed by atoms with E-state index in [1.165, 1.54) is 28.3 Å². The largest absolute Gasteiger partial charge is 0.327 e. The monoisotopic (exact) mass is 238 g/mol. The number of hydrogen-bond donors (Lipinski definition) is 1. The van der Waals surface area contributed by atoms with Gasteiger partial charge in [0, 0.05) is 12.0 Å². The second-order valence-corrected chi connectivity index (χ2v) is 6.41. The SMILES string of the molecule is NC1CCCCC1c1nc2ccsc2s1. The molecule has 2 aromatic rings. The summed E-state index contributed by atoms with van der Waals surface area (Å²) in [6, 6.07) is 2.44. The molecule has 2 unspecified atom stereocenters. The van der Waals surface area contributed by atoms with Gasteiger partial charge in [-0.2, -0.15) is 0 Å². The van der Waals surface area contributed by atoms with Gasteiger partial charge in [-0.05, 0) is 24.3 Å². The minimum atomic E-state index is 0.332. The van der Waals surface area contributed by atoms with Gasteiger partial charge in [0.05, 0.1) is 10.5 Å². The lowest BCUT2D eigenvalue weighted by Crippen LogP contribution is -2.31. The first kappa shape index (κ1) is 9.75. The highest BCUT2D eigenvalue weighted by Gasteiger charge is 2.26. The van der Waals surface area contributed by atoms with Crippen molar-refractivity contribution in [3.63, 3.8) is 0 Å². The Balaban J connectivity index is 1.95. The van der Waals surface area contributed by atoms with E-state index < -0.39 is 0 Å². The van der Waals surface area contributed by atoms with Gasteiger partial charge in [0.25, 0.3) is 0 Å². The van der Waals surface area contributed by atoms with Crippen molar-refractivity contribution in [2.45, 2.75) is 37.6 Å². The molecule has 0 bridgehead atoms. The summed E-state index contributed by atoms with van der Waals surface area (Å²) in [5.41, 5.74) is 7.34. The summed E-state index contributed by atoms with van der Waals surface area (Å²) in [5, 5.41) is 3.38. The highest BCUT2D eigenvalue weighted by molar-refractivity contribution is 7.37. The van der Waals surface area contributed by atoms with Crippen molar-refractivity contribution in [1.82, 2.24) is 4.98 Å². The Morgan fingerprint density at radius 2 is 2.20 bits per heavy atom. The molecule has 0 amide bonds. The molecular weight excluding hydrogens is 224 g/mol. The topological polar surface area (TPSA) is 38.9 Å². The molecule has 0 saturated heterocycles. The maximum Gasteiger partial charge on any atom is 0.107 e. The van der Waals surface area contributed by atoms with E-state index in [0.29, 0.717) is 12.0 Å². The number of rotatable bonds is 1. The third-order valence-electron chi connectivity index (χ3n) is 3.17. The fraction of sp³-hybridized carbons (Fsp3) is 0.545. The Morgan fingerprint density at radius 3 is 3.00 bits per heavy atom. The highest BCUT2D eigenvalue weighted by atomic mass is 32.2. The summed E-state index contributed by atoms with van der Waals surface area (Å²) in [4.78, 5) is 4.70. The molecule has 2 atom stereocenters. The molecule has 1 fully saturated rings. The van der Waals surface area contributed by atoms with E-state index in [0.717, 1.165) is 11.9 Å².